The Morgan fingerprint density at radius 1 is 1.06 bits per heavy atom. The van der Waals surface area contributed by atoms with E-state index in [2.05, 4.69) is 60.8 Å². The molecule has 1 aliphatic heterocycles. The van der Waals surface area contributed by atoms with Crippen LogP contribution < -0.4 is 5.32 Å². The molecule has 0 fully saturated rings. The van der Waals surface area contributed by atoms with Crippen LogP contribution in [0.5, 0.6) is 0 Å². The molecule has 0 aromatic heterocycles. The molecule has 0 aliphatic carbocycles. The topological polar surface area (TPSA) is 12.0 Å². The highest BCUT2D eigenvalue weighted by Gasteiger charge is 2.19. The third kappa shape index (κ3) is 2.19. The average Bonchev–Trinajstić information content (AvgIpc) is 2.61. The Balaban J connectivity index is 2.07. The van der Waals surface area contributed by atoms with E-state index < -0.39 is 0 Å². The highest BCUT2D eigenvalue weighted by atomic mass is 14.9. The number of rotatable bonds is 1. The molecule has 0 saturated heterocycles. The maximum atomic E-state index is 3.53. The van der Waals surface area contributed by atoms with Gasteiger partial charge in [0, 0.05) is 12.5 Å². The van der Waals surface area contributed by atoms with Crippen molar-refractivity contribution in [1.29, 1.82) is 0 Å². The Kier molecular flexibility index (Phi) is 3.16. The van der Waals surface area contributed by atoms with Gasteiger partial charge in [-0.25, -0.2) is 0 Å². The Labute approximate surface area is 109 Å². The second-order valence-corrected chi connectivity index (χ2v) is 5.13. The molecular weight excluding hydrogens is 218 g/mol. The summed E-state index contributed by atoms with van der Waals surface area (Å²) in [6.45, 7) is 4.26. The number of fused-ring (bicyclic) bond motifs is 1. The van der Waals surface area contributed by atoms with E-state index >= 15 is 0 Å². The third-order valence-electron chi connectivity index (χ3n) is 3.80. The predicted molar refractivity (Wildman–Crippen MR) is 75.8 cm³/mol. The first kappa shape index (κ1) is 11.5. The van der Waals surface area contributed by atoms with Crippen LogP contribution in [-0.4, -0.2) is 6.54 Å². The van der Waals surface area contributed by atoms with Crippen LogP contribution in [0, 0.1) is 6.92 Å². The smallest absolute Gasteiger partial charge is 0.0208 e. The Morgan fingerprint density at radius 2 is 1.89 bits per heavy atom. The van der Waals surface area contributed by atoms with E-state index in [0.717, 1.165) is 13.1 Å². The molecule has 92 valence electrons. The Hall–Kier alpha value is -1.60. The molecule has 2 aromatic rings. The largest absolute Gasteiger partial charge is 0.313 e. The van der Waals surface area contributed by atoms with Crippen LogP contribution in [0.3, 0.4) is 0 Å². The quantitative estimate of drug-likeness (QED) is 0.798. The van der Waals surface area contributed by atoms with Crippen molar-refractivity contribution >= 4 is 0 Å². The highest BCUT2D eigenvalue weighted by molar-refractivity contribution is 5.40. The van der Waals surface area contributed by atoms with E-state index in [1.54, 1.807) is 0 Å². The summed E-state index contributed by atoms with van der Waals surface area (Å²) in [5.74, 6) is 0.539. The van der Waals surface area contributed by atoms with Crippen molar-refractivity contribution in [3.63, 3.8) is 0 Å². The number of hydrogen-bond acceptors (Lipinski definition) is 1. The highest BCUT2D eigenvalue weighted by Crippen LogP contribution is 2.32. The minimum absolute atomic E-state index is 0.539. The van der Waals surface area contributed by atoms with Crippen molar-refractivity contribution in [1.82, 2.24) is 5.32 Å². The standard InChI is InChI=1S/C17H19N/c1-13-7-8-16-15(11-13)12-18-10-9-17(16)14-5-3-2-4-6-14/h2-8,11,17-18H,9-10,12H2,1H3. The van der Waals surface area contributed by atoms with Gasteiger partial charge in [-0.15, -0.1) is 0 Å². The zero-order valence-electron chi connectivity index (χ0n) is 10.8. The number of nitrogens with one attached hydrogen (secondary N) is 1. The van der Waals surface area contributed by atoms with Gasteiger partial charge in [-0.05, 0) is 36.6 Å². The van der Waals surface area contributed by atoms with Crippen LogP contribution in [0.25, 0.3) is 0 Å². The molecule has 0 spiro atoms. The predicted octanol–water partition coefficient (Wildman–Crippen LogP) is 3.62. The first-order chi connectivity index (χ1) is 8.84. The van der Waals surface area contributed by atoms with Crippen LogP contribution in [0.15, 0.2) is 48.5 Å². The first-order valence-electron chi connectivity index (χ1n) is 6.69. The van der Waals surface area contributed by atoms with E-state index in [0.29, 0.717) is 5.92 Å². The molecule has 1 heterocycles. The minimum Gasteiger partial charge on any atom is -0.313 e. The van der Waals surface area contributed by atoms with Gasteiger partial charge in [-0.1, -0.05) is 54.1 Å². The lowest BCUT2D eigenvalue weighted by Gasteiger charge is -2.18. The van der Waals surface area contributed by atoms with Crippen LogP contribution in [0.1, 0.15) is 34.6 Å². The molecule has 0 saturated carbocycles. The SMILES string of the molecule is Cc1ccc2c(c1)CNCCC2c1ccccc1. The Bertz CT molecular complexity index is 531. The summed E-state index contributed by atoms with van der Waals surface area (Å²) in [5, 5.41) is 3.53. The fraction of sp³-hybridized carbons (Fsp3) is 0.294. The molecule has 1 N–H and O–H groups in total. The van der Waals surface area contributed by atoms with Gasteiger partial charge in [0.2, 0.25) is 0 Å². The van der Waals surface area contributed by atoms with Crippen molar-refractivity contribution < 1.29 is 0 Å². The molecule has 1 heteroatoms. The lowest BCUT2D eigenvalue weighted by atomic mass is 9.86. The zero-order chi connectivity index (χ0) is 12.4. The lowest BCUT2D eigenvalue weighted by Crippen LogP contribution is -2.12. The van der Waals surface area contributed by atoms with Gasteiger partial charge in [0.1, 0.15) is 0 Å². The van der Waals surface area contributed by atoms with E-state index in [-0.39, 0.29) is 0 Å². The fourth-order valence-corrected chi connectivity index (χ4v) is 2.88. The Morgan fingerprint density at radius 3 is 2.72 bits per heavy atom. The van der Waals surface area contributed by atoms with Crippen LogP contribution in [0.4, 0.5) is 0 Å². The van der Waals surface area contributed by atoms with Gasteiger partial charge in [0.05, 0.1) is 0 Å². The number of hydrogen-bond donors (Lipinski definition) is 1. The molecule has 18 heavy (non-hydrogen) atoms. The fourth-order valence-electron chi connectivity index (χ4n) is 2.88. The van der Waals surface area contributed by atoms with Gasteiger partial charge in [0.25, 0.3) is 0 Å². The molecule has 3 rings (SSSR count). The van der Waals surface area contributed by atoms with Gasteiger partial charge >= 0.3 is 0 Å². The maximum absolute atomic E-state index is 3.53. The second-order valence-electron chi connectivity index (χ2n) is 5.13. The summed E-state index contributed by atoms with van der Waals surface area (Å²) in [7, 11) is 0. The lowest BCUT2D eigenvalue weighted by molar-refractivity contribution is 0.647. The molecule has 1 aliphatic rings. The maximum Gasteiger partial charge on any atom is 0.0208 e. The van der Waals surface area contributed by atoms with E-state index in [9.17, 15) is 0 Å². The summed E-state index contributed by atoms with van der Waals surface area (Å²) in [5.41, 5.74) is 5.74. The first-order valence-corrected chi connectivity index (χ1v) is 6.69. The second kappa shape index (κ2) is 4.95. The van der Waals surface area contributed by atoms with Gasteiger partial charge in [-0.3, -0.25) is 0 Å². The number of benzene rings is 2. The monoisotopic (exact) mass is 237 g/mol. The average molecular weight is 237 g/mol. The third-order valence-corrected chi connectivity index (χ3v) is 3.80. The molecule has 1 atom stereocenters. The molecule has 0 radical (unpaired) electrons. The van der Waals surface area contributed by atoms with Crippen LogP contribution >= 0.6 is 0 Å². The van der Waals surface area contributed by atoms with Gasteiger partial charge in [-0.2, -0.15) is 0 Å². The summed E-state index contributed by atoms with van der Waals surface area (Å²) < 4.78 is 0. The summed E-state index contributed by atoms with van der Waals surface area (Å²) in [6.07, 6.45) is 1.18. The molecule has 0 amide bonds. The van der Waals surface area contributed by atoms with Crippen molar-refractivity contribution in [3.05, 3.63) is 70.8 Å². The van der Waals surface area contributed by atoms with E-state index in [1.165, 1.54) is 28.7 Å². The zero-order valence-corrected chi connectivity index (χ0v) is 10.8. The molecule has 2 aromatic carbocycles. The summed E-state index contributed by atoms with van der Waals surface area (Å²) in [6, 6.07) is 17.7. The molecule has 0 bridgehead atoms. The van der Waals surface area contributed by atoms with Crippen molar-refractivity contribution in [2.24, 2.45) is 0 Å². The van der Waals surface area contributed by atoms with Crippen LogP contribution in [-0.2, 0) is 6.54 Å². The summed E-state index contributed by atoms with van der Waals surface area (Å²) in [4.78, 5) is 0. The normalized spacial score (nSPS) is 19.1. The van der Waals surface area contributed by atoms with E-state index in [4.69, 9.17) is 0 Å². The minimum atomic E-state index is 0.539. The van der Waals surface area contributed by atoms with Crippen molar-refractivity contribution in [2.75, 3.05) is 6.54 Å². The molecular formula is C17H19N. The molecule has 1 unspecified atom stereocenters. The summed E-state index contributed by atoms with van der Waals surface area (Å²) >= 11 is 0. The van der Waals surface area contributed by atoms with Crippen molar-refractivity contribution in [2.45, 2.75) is 25.8 Å². The molecule has 1 nitrogen and oxygen atoms in total. The van der Waals surface area contributed by atoms with Gasteiger partial charge < -0.3 is 5.32 Å². The van der Waals surface area contributed by atoms with Crippen molar-refractivity contribution in [3.8, 4) is 0 Å². The van der Waals surface area contributed by atoms with E-state index in [1.807, 2.05) is 0 Å². The number of aryl methyl sites for hydroxylation is 1. The van der Waals surface area contributed by atoms with Crippen LogP contribution in [0.2, 0.25) is 0 Å². The van der Waals surface area contributed by atoms with Gasteiger partial charge in [0.15, 0.2) is 0 Å².